The molecule has 0 bridgehead atoms. The fourth-order valence-electron chi connectivity index (χ4n) is 4.66. The number of carbonyl (C=O) groups is 2. The number of carbonyl (C=O) groups excluding carboxylic acids is 2. The smallest absolute Gasteiger partial charge is 0.291 e. The van der Waals surface area contributed by atoms with Crippen molar-refractivity contribution in [1.29, 1.82) is 0 Å². The summed E-state index contributed by atoms with van der Waals surface area (Å²) in [5.74, 6) is 2.29. The van der Waals surface area contributed by atoms with Crippen molar-refractivity contribution in [3.05, 3.63) is 65.6 Å². The van der Waals surface area contributed by atoms with Crippen LogP contribution in [-0.2, 0) is 13.0 Å². The summed E-state index contributed by atoms with van der Waals surface area (Å²) in [6.45, 7) is 2.38. The van der Waals surface area contributed by atoms with Gasteiger partial charge in [0, 0.05) is 43.2 Å². The van der Waals surface area contributed by atoms with Gasteiger partial charge >= 0.3 is 0 Å². The van der Waals surface area contributed by atoms with Gasteiger partial charge in [0.15, 0.2) is 5.76 Å². The van der Waals surface area contributed by atoms with E-state index in [1.807, 2.05) is 4.90 Å². The number of nitrogens with one attached hydrogen (secondary N) is 1. The van der Waals surface area contributed by atoms with E-state index in [9.17, 15) is 9.59 Å². The molecule has 1 unspecified atom stereocenters. The number of furan rings is 1. The lowest BCUT2D eigenvalue weighted by Crippen LogP contribution is -2.39. The van der Waals surface area contributed by atoms with Gasteiger partial charge in [-0.3, -0.25) is 9.59 Å². The third kappa shape index (κ3) is 4.17. The van der Waals surface area contributed by atoms with Gasteiger partial charge in [0.1, 0.15) is 11.6 Å². The first-order valence-electron chi connectivity index (χ1n) is 11.4. The molecular weight excluding hydrogens is 406 g/mol. The van der Waals surface area contributed by atoms with Gasteiger partial charge in [0.05, 0.1) is 6.26 Å². The van der Waals surface area contributed by atoms with Gasteiger partial charge in [0.2, 0.25) is 0 Å². The molecule has 4 heterocycles. The van der Waals surface area contributed by atoms with E-state index in [1.165, 1.54) is 19.1 Å². The molecule has 0 spiro atoms. The minimum atomic E-state index is -0.319. The molecule has 1 N–H and O–H groups in total. The number of anilines is 1. The average Bonchev–Trinajstić information content (AvgIpc) is 3.45. The Hall–Kier alpha value is -3.42. The Kier molecular flexibility index (Phi) is 5.75. The highest BCUT2D eigenvalue weighted by atomic mass is 16.3. The van der Waals surface area contributed by atoms with Crippen molar-refractivity contribution in [3.63, 3.8) is 0 Å². The van der Waals surface area contributed by atoms with Crippen molar-refractivity contribution < 1.29 is 14.0 Å². The topological polar surface area (TPSA) is 93.3 Å². The molecule has 8 heteroatoms. The number of fused-ring (bicyclic) bond motifs is 1. The third-order valence-corrected chi connectivity index (χ3v) is 6.35. The van der Waals surface area contributed by atoms with E-state index in [0.717, 1.165) is 50.4 Å². The molecule has 1 aromatic carbocycles. The zero-order valence-corrected chi connectivity index (χ0v) is 18.0. The third-order valence-electron chi connectivity index (χ3n) is 6.35. The number of hydrogen-bond acceptors (Lipinski definition) is 5. The molecule has 8 nitrogen and oxygen atoms in total. The largest absolute Gasteiger partial charge is 0.459 e. The van der Waals surface area contributed by atoms with Crippen LogP contribution in [0.2, 0.25) is 0 Å². The zero-order valence-electron chi connectivity index (χ0n) is 18.0. The molecule has 3 aromatic rings. The minimum Gasteiger partial charge on any atom is -0.459 e. The number of benzene rings is 1. The predicted molar refractivity (Wildman–Crippen MR) is 119 cm³/mol. The molecule has 2 aromatic heterocycles. The van der Waals surface area contributed by atoms with Crippen molar-refractivity contribution in [1.82, 2.24) is 19.7 Å². The summed E-state index contributed by atoms with van der Waals surface area (Å²) in [6, 6.07) is 10.3. The standard InChI is InChI=1S/C24H27N5O3/c30-23(20-7-5-15-32-20)25-19-11-9-17(10-12-19)24(31)28-13-4-6-18(16-28)22-27-26-21-8-2-1-3-14-29(21)22/h5,7,9-12,15,18H,1-4,6,8,13-14,16H2,(H,25,30). The van der Waals surface area contributed by atoms with Crippen molar-refractivity contribution in [2.75, 3.05) is 18.4 Å². The lowest BCUT2D eigenvalue weighted by molar-refractivity contribution is 0.0703. The summed E-state index contributed by atoms with van der Waals surface area (Å²) in [7, 11) is 0. The summed E-state index contributed by atoms with van der Waals surface area (Å²) >= 11 is 0. The number of aryl methyl sites for hydroxylation is 1. The van der Waals surface area contributed by atoms with Crippen LogP contribution in [0.25, 0.3) is 0 Å². The maximum atomic E-state index is 13.2. The van der Waals surface area contributed by atoms with E-state index >= 15 is 0 Å². The van der Waals surface area contributed by atoms with Crippen LogP contribution < -0.4 is 5.32 Å². The maximum absolute atomic E-state index is 13.2. The summed E-state index contributed by atoms with van der Waals surface area (Å²) in [6.07, 6.45) is 8.00. The number of rotatable bonds is 4. The van der Waals surface area contributed by atoms with Crippen molar-refractivity contribution in [3.8, 4) is 0 Å². The van der Waals surface area contributed by atoms with E-state index < -0.39 is 0 Å². The fraction of sp³-hybridized carbons (Fsp3) is 0.417. The molecular formula is C24H27N5O3. The molecule has 2 aliphatic rings. The van der Waals surface area contributed by atoms with Crippen LogP contribution in [-0.4, -0.2) is 44.6 Å². The van der Waals surface area contributed by atoms with Crippen LogP contribution in [0.4, 0.5) is 5.69 Å². The summed E-state index contributed by atoms with van der Waals surface area (Å²) < 4.78 is 7.40. The summed E-state index contributed by atoms with van der Waals surface area (Å²) in [4.78, 5) is 27.2. The Balaban J connectivity index is 1.25. The molecule has 32 heavy (non-hydrogen) atoms. The molecule has 5 rings (SSSR count). The number of hydrogen-bond donors (Lipinski definition) is 1. The van der Waals surface area contributed by atoms with Crippen LogP contribution in [0, 0.1) is 0 Å². The Morgan fingerprint density at radius 3 is 2.69 bits per heavy atom. The van der Waals surface area contributed by atoms with Gasteiger partial charge in [-0.15, -0.1) is 10.2 Å². The first-order chi connectivity index (χ1) is 15.7. The Bertz CT molecular complexity index is 1090. The van der Waals surface area contributed by atoms with Crippen molar-refractivity contribution >= 4 is 17.5 Å². The summed E-state index contributed by atoms with van der Waals surface area (Å²) in [5.41, 5.74) is 1.23. The van der Waals surface area contributed by atoms with Crippen LogP contribution in [0.3, 0.4) is 0 Å². The van der Waals surface area contributed by atoms with Gasteiger partial charge in [-0.2, -0.15) is 0 Å². The van der Waals surface area contributed by atoms with E-state index in [1.54, 1.807) is 36.4 Å². The van der Waals surface area contributed by atoms with Crippen LogP contribution in [0.5, 0.6) is 0 Å². The lowest BCUT2D eigenvalue weighted by atomic mass is 9.96. The Labute approximate surface area is 186 Å². The van der Waals surface area contributed by atoms with Gasteiger partial charge in [-0.1, -0.05) is 6.42 Å². The number of amides is 2. The molecule has 2 amide bonds. The van der Waals surface area contributed by atoms with Gasteiger partial charge in [-0.05, 0) is 62.1 Å². The predicted octanol–water partition coefficient (Wildman–Crippen LogP) is 3.87. The van der Waals surface area contributed by atoms with E-state index in [2.05, 4.69) is 20.1 Å². The van der Waals surface area contributed by atoms with Gasteiger partial charge in [-0.25, -0.2) is 0 Å². The SMILES string of the molecule is O=C(Nc1ccc(C(=O)N2CCCC(c3nnc4n3CCCCC4)C2)cc1)c1ccco1. The molecule has 0 saturated carbocycles. The highest BCUT2D eigenvalue weighted by molar-refractivity contribution is 6.02. The average molecular weight is 434 g/mol. The quantitative estimate of drug-likeness (QED) is 0.674. The highest BCUT2D eigenvalue weighted by Gasteiger charge is 2.30. The molecule has 1 saturated heterocycles. The van der Waals surface area contributed by atoms with Crippen molar-refractivity contribution in [2.45, 2.75) is 51.0 Å². The Morgan fingerprint density at radius 1 is 1.00 bits per heavy atom. The second-order valence-electron chi connectivity index (χ2n) is 8.54. The number of likely N-dealkylation sites (tertiary alicyclic amines) is 1. The molecule has 0 radical (unpaired) electrons. The van der Waals surface area contributed by atoms with Crippen LogP contribution in [0.15, 0.2) is 47.1 Å². The zero-order chi connectivity index (χ0) is 21.9. The highest BCUT2D eigenvalue weighted by Crippen LogP contribution is 2.29. The lowest BCUT2D eigenvalue weighted by Gasteiger charge is -2.32. The van der Waals surface area contributed by atoms with E-state index in [4.69, 9.17) is 4.42 Å². The molecule has 2 aliphatic heterocycles. The number of aromatic nitrogens is 3. The monoisotopic (exact) mass is 433 g/mol. The van der Waals surface area contributed by atoms with E-state index in [0.29, 0.717) is 17.8 Å². The minimum absolute atomic E-state index is 0.00853. The first-order valence-corrected chi connectivity index (χ1v) is 11.4. The maximum Gasteiger partial charge on any atom is 0.291 e. The van der Waals surface area contributed by atoms with E-state index in [-0.39, 0.29) is 23.5 Å². The first kappa shape index (κ1) is 20.5. The normalized spacial score (nSPS) is 18.6. The number of piperidine rings is 1. The van der Waals surface area contributed by atoms with Crippen molar-refractivity contribution in [2.24, 2.45) is 0 Å². The summed E-state index contributed by atoms with van der Waals surface area (Å²) in [5, 5.41) is 11.7. The van der Waals surface area contributed by atoms with Gasteiger partial charge in [0.25, 0.3) is 11.8 Å². The van der Waals surface area contributed by atoms with Gasteiger partial charge < -0.3 is 19.2 Å². The second kappa shape index (κ2) is 8.98. The van der Waals surface area contributed by atoms with Crippen LogP contribution >= 0.6 is 0 Å². The number of nitrogens with zero attached hydrogens (tertiary/aromatic N) is 4. The molecule has 1 fully saturated rings. The molecule has 1 atom stereocenters. The Morgan fingerprint density at radius 2 is 1.88 bits per heavy atom. The molecule has 166 valence electrons. The fourth-order valence-corrected chi connectivity index (χ4v) is 4.66. The van der Waals surface area contributed by atoms with Crippen LogP contribution in [0.1, 0.15) is 70.6 Å². The second-order valence-corrected chi connectivity index (χ2v) is 8.54. The molecule has 0 aliphatic carbocycles.